The number of nitriles is 1. The fraction of sp³-hybridized carbons (Fsp3) is 0.400. The Bertz CT molecular complexity index is 534. The number of hydrogen-bond donors (Lipinski definition) is 0. The molecule has 1 aromatic heterocycles. The van der Waals surface area contributed by atoms with Gasteiger partial charge in [-0.05, 0) is 6.07 Å². The monoisotopic (exact) mass is 362 g/mol. The number of halogens is 7. The third-order valence-corrected chi connectivity index (χ3v) is 2.62. The zero-order valence-corrected chi connectivity index (χ0v) is 11.0. The number of nitrogens with zero attached hydrogens (tertiary/aromatic N) is 2. The maximum Gasteiger partial charge on any atom is 0.573 e. The molecule has 0 saturated heterocycles. The van der Waals surface area contributed by atoms with E-state index in [9.17, 15) is 26.3 Å². The number of pyridine rings is 1. The highest BCUT2D eigenvalue weighted by atomic mass is 79.9. The second kappa shape index (κ2) is 5.87. The second-order valence-corrected chi connectivity index (χ2v) is 4.02. The average molecular weight is 363 g/mol. The highest BCUT2D eigenvalue weighted by Crippen LogP contribution is 2.36. The SMILES string of the molecule is N#CCc1nc(C(F)(F)F)cc(CBr)c1OC(F)(F)F. The third-order valence-electron chi connectivity index (χ3n) is 2.02. The fourth-order valence-corrected chi connectivity index (χ4v) is 1.74. The van der Waals surface area contributed by atoms with Crippen LogP contribution < -0.4 is 4.74 Å². The summed E-state index contributed by atoms with van der Waals surface area (Å²) in [5.74, 6) is -0.885. The molecular formula is C10H5BrF6N2O. The van der Waals surface area contributed by atoms with Gasteiger partial charge in [0.25, 0.3) is 0 Å². The number of rotatable bonds is 3. The van der Waals surface area contributed by atoms with Crippen molar-refractivity contribution in [2.45, 2.75) is 24.3 Å². The number of aromatic nitrogens is 1. The molecule has 1 heterocycles. The van der Waals surface area contributed by atoms with Crippen LogP contribution >= 0.6 is 15.9 Å². The molecule has 0 N–H and O–H groups in total. The van der Waals surface area contributed by atoms with Gasteiger partial charge in [0.15, 0.2) is 5.75 Å². The van der Waals surface area contributed by atoms with Gasteiger partial charge in [0.2, 0.25) is 0 Å². The zero-order chi connectivity index (χ0) is 15.6. The molecule has 0 aromatic carbocycles. The van der Waals surface area contributed by atoms with Gasteiger partial charge in [-0.25, -0.2) is 4.98 Å². The van der Waals surface area contributed by atoms with Gasteiger partial charge >= 0.3 is 12.5 Å². The Hall–Kier alpha value is -1.50. The standard InChI is InChI=1S/C10H5BrF6N2O/c11-4-5-3-7(9(12,13)14)19-6(1-2-18)8(5)20-10(15,16)17/h3H,1,4H2. The van der Waals surface area contributed by atoms with Gasteiger partial charge in [-0.15, -0.1) is 13.2 Å². The van der Waals surface area contributed by atoms with Crippen LogP contribution in [0.15, 0.2) is 6.07 Å². The Labute approximate surface area is 117 Å². The second-order valence-electron chi connectivity index (χ2n) is 3.46. The quantitative estimate of drug-likeness (QED) is 0.603. The summed E-state index contributed by atoms with van der Waals surface area (Å²) in [6, 6.07) is 1.89. The summed E-state index contributed by atoms with van der Waals surface area (Å²) in [7, 11) is 0. The Morgan fingerprint density at radius 3 is 2.25 bits per heavy atom. The lowest BCUT2D eigenvalue weighted by Crippen LogP contribution is -2.21. The number of ether oxygens (including phenoxy) is 1. The van der Waals surface area contributed by atoms with Crippen molar-refractivity contribution in [2.75, 3.05) is 0 Å². The van der Waals surface area contributed by atoms with Crippen LogP contribution in [0, 0.1) is 11.3 Å². The van der Waals surface area contributed by atoms with Gasteiger partial charge in [0.05, 0.1) is 18.2 Å². The molecule has 0 atom stereocenters. The van der Waals surface area contributed by atoms with Crippen molar-refractivity contribution in [3.8, 4) is 11.8 Å². The van der Waals surface area contributed by atoms with E-state index in [-0.39, 0.29) is 5.33 Å². The molecule has 10 heteroatoms. The van der Waals surface area contributed by atoms with Gasteiger partial charge in [0.1, 0.15) is 5.69 Å². The summed E-state index contributed by atoms with van der Waals surface area (Å²) in [5.41, 5.74) is -2.49. The lowest BCUT2D eigenvalue weighted by atomic mass is 10.1. The molecule has 0 saturated carbocycles. The van der Waals surface area contributed by atoms with E-state index < -0.39 is 41.7 Å². The van der Waals surface area contributed by atoms with Crippen LogP contribution in [0.2, 0.25) is 0 Å². The minimum absolute atomic E-state index is 0.317. The van der Waals surface area contributed by atoms with Crippen molar-refractivity contribution in [2.24, 2.45) is 0 Å². The normalized spacial score (nSPS) is 12.1. The molecule has 0 radical (unpaired) electrons. The first kappa shape index (κ1) is 16.6. The lowest BCUT2D eigenvalue weighted by Gasteiger charge is -2.17. The van der Waals surface area contributed by atoms with E-state index in [1.54, 1.807) is 0 Å². The summed E-state index contributed by atoms with van der Waals surface area (Å²) in [6.07, 6.45) is -10.7. The molecule has 0 aliphatic heterocycles. The van der Waals surface area contributed by atoms with Crippen molar-refractivity contribution in [1.82, 2.24) is 4.98 Å². The Balaban J connectivity index is 3.45. The van der Waals surface area contributed by atoms with Crippen LogP contribution in [0.4, 0.5) is 26.3 Å². The lowest BCUT2D eigenvalue weighted by molar-refractivity contribution is -0.275. The predicted molar refractivity (Wildman–Crippen MR) is 57.9 cm³/mol. The van der Waals surface area contributed by atoms with Gasteiger partial charge in [-0.2, -0.15) is 18.4 Å². The van der Waals surface area contributed by atoms with Crippen LogP contribution in [0.5, 0.6) is 5.75 Å². The molecule has 0 unspecified atom stereocenters. The van der Waals surface area contributed by atoms with E-state index in [2.05, 4.69) is 25.7 Å². The highest BCUT2D eigenvalue weighted by Gasteiger charge is 2.37. The Morgan fingerprint density at radius 1 is 1.25 bits per heavy atom. The predicted octanol–water partition coefficient (Wildman–Crippen LogP) is 3.96. The Kier molecular flexibility index (Phi) is 4.86. The zero-order valence-electron chi connectivity index (χ0n) is 9.44. The van der Waals surface area contributed by atoms with Gasteiger partial charge in [-0.3, -0.25) is 0 Å². The fourth-order valence-electron chi connectivity index (χ4n) is 1.32. The van der Waals surface area contributed by atoms with E-state index in [0.29, 0.717) is 6.07 Å². The molecule has 0 fully saturated rings. The maximum absolute atomic E-state index is 12.6. The van der Waals surface area contributed by atoms with Crippen LogP contribution in [0.3, 0.4) is 0 Å². The largest absolute Gasteiger partial charge is 0.573 e. The molecule has 1 rings (SSSR count). The van der Waals surface area contributed by atoms with E-state index in [4.69, 9.17) is 5.26 Å². The molecule has 0 amide bonds. The third kappa shape index (κ3) is 4.26. The van der Waals surface area contributed by atoms with E-state index in [0.717, 1.165) is 0 Å². The summed E-state index contributed by atoms with van der Waals surface area (Å²) in [5, 5.41) is 8.16. The molecule has 1 aromatic rings. The van der Waals surface area contributed by atoms with Crippen LogP contribution in [-0.2, 0) is 17.9 Å². The molecule has 0 spiro atoms. The highest BCUT2D eigenvalue weighted by molar-refractivity contribution is 9.08. The van der Waals surface area contributed by atoms with Crippen LogP contribution in [0.1, 0.15) is 17.0 Å². The number of alkyl halides is 7. The first-order valence-electron chi connectivity index (χ1n) is 4.87. The van der Waals surface area contributed by atoms with Gasteiger partial charge in [0, 0.05) is 10.9 Å². The van der Waals surface area contributed by atoms with Crippen molar-refractivity contribution in [1.29, 1.82) is 5.26 Å². The molecule has 0 bridgehead atoms. The summed E-state index contributed by atoms with van der Waals surface area (Å²) < 4.78 is 78.1. The Morgan fingerprint density at radius 2 is 1.85 bits per heavy atom. The summed E-state index contributed by atoms with van der Waals surface area (Å²) in [4.78, 5) is 3.03. The van der Waals surface area contributed by atoms with E-state index in [1.807, 2.05) is 0 Å². The van der Waals surface area contributed by atoms with Crippen LogP contribution in [-0.4, -0.2) is 11.3 Å². The molecular weight excluding hydrogens is 358 g/mol. The number of hydrogen-bond acceptors (Lipinski definition) is 3. The van der Waals surface area contributed by atoms with Crippen molar-refractivity contribution in [3.63, 3.8) is 0 Å². The molecule has 110 valence electrons. The molecule has 3 nitrogen and oxygen atoms in total. The van der Waals surface area contributed by atoms with E-state index in [1.165, 1.54) is 6.07 Å². The maximum atomic E-state index is 12.6. The van der Waals surface area contributed by atoms with Crippen molar-refractivity contribution < 1.29 is 31.1 Å². The minimum atomic E-state index is -5.09. The topological polar surface area (TPSA) is 45.9 Å². The van der Waals surface area contributed by atoms with Crippen molar-refractivity contribution in [3.05, 3.63) is 23.0 Å². The first-order chi connectivity index (χ1) is 9.08. The smallest absolute Gasteiger partial charge is 0.403 e. The van der Waals surface area contributed by atoms with Crippen molar-refractivity contribution >= 4 is 15.9 Å². The van der Waals surface area contributed by atoms with Gasteiger partial charge in [-0.1, -0.05) is 15.9 Å². The average Bonchev–Trinajstić information content (AvgIpc) is 2.28. The van der Waals surface area contributed by atoms with Crippen LogP contribution in [0.25, 0.3) is 0 Å². The minimum Gasteiger partial charge on any atom is -0.403 e. The molecule has 0 aliphatic carbocycles. The molecule has 20 heavy (non-hydrogen) atoms. The molecule has 0 aliphatic rings. The van der Waals surface area contributed by atoms with Gasteiger partial charge < -0.3 is 4.74 Å². The summed E-state index contributed by atoms with van der Waals surface area (Å²) in [6.45, 7) is 0. The first-order valence-corrected chi connectivity index (χ1v) is 5.99. The van der Waals surface area contributed by atoms with E-state index >= 15 is 0 Å². The summed E-state index contributed by atoms with van der Waals surface area (Å²) >= 11 is 2.78.